The zero-order valence-corrected chi connectivity index (χ0v) is 19.9. The van der Waals surface area contributed by atoms with Crippen LogP contribution in [0.1, 0.15) is 72.1 Å². The smallest absolute Gasteiger partial charge is 0.229 e. The van der Waals surface area contributed by atoms with Gasteiger partial charge in [-0.15, -0.1) is 0 Å². The molecule has 4 aliphatic rings. The Morgan fingerprint density at radius 2 is 1.91 bits per heavy atom. The number of allylic oxidation sites excluding steroid dienone is 2. The third-order valence-corrected chi connectivity index (χ3v) is 9.76. The molecule has 5 rings (SSSR count). The van der Waals surface area contributed by atoms with Crippen molar-refractivity contribution in [1.82, 2.24) is 14.9 Å². The lowest BCUT2D eigenvalue weighted by atomic mass is 9.48. The topological polar surface area (TPSA) is 75.2 Å². The number of amides is 2. The van der Waals surface area contributed by atoms with E-state index >= 15 is 0 Å². The van der Waals surface area contributed by atoms with Crippen molar-refractivity contribution >= 4 is 17.8 Å². The van der Waals surface area contributed by atoms with Gasteiger partial charge in [0.05, 0.1) is 0 Å². The zero-order valence-electron chi connectivity index (χ0n) is 19.9. The molecule has 2 heterocycles. The number of aromatic nitrogens is 2. The zero-order chi connectivity index (χ0) is 22.7. The minimum absolute atomic E-state index is 0.0339. The van der Waals surface area contributed by atoms with Crippen LogP contribution in [0.3, 0.4) is 0 Å². The summed E-state index contributed by atoms with van der Waals surface area (Å²) in [5.74, 6) is 3.06. The molecule has 0 bridgehead atoms. The highest BCUT2D eigenvalue weighted by Gasteiger charge is 2.60. The van der Waals surface area contributed by atoms with E-state index in [1.54, 1.807) is 18.5 Å². The van der Waals surface area contributed by atoms with Crippen molar-refractivity contribution in [2.75, 3.05) is 12.4 Å². The fraction of sp³-hybridized carbons (Fsp3) is 0.692. The van der Waals surface area contributed by atoms with Crippen molar-refractivity contribution in [2.45, 2.75) is 72.1 Å². The molecule has 0 spiro atoms. The van der Waals surface area contributed by atoms with Gasteiger partial charge in [-0.3, -0.25) is 14.9 Å². The summed E-state index contributed by atoms with van der Waals surface area (Å²) < 4.78 is 0. The predicted molar refractivity (Wildman–Crippen MR) is 123 cm³/mol. The monoisotopic (exact) mass is 436 g/mol. The Morgan fingerprint density at radius 3 is 2.66 bits per heavy atom. The number of hydrogen-bond donors (Lipinski definition) is 1. The van der Waals surface area contributed by atoms with E-state index in [-0.39, 0.29) is 22.6 Å². The van der Waals surface area contributed by atoms with Crippen molar-refractivity contribution in [3.05, 3.63) is 29.7 Å². The molecule has 0 aromatic carbocycles. The normalized spacial score (nSPS) is 38.8. The first-order valence-corrected chi connectivity index (χ1v) is 12.3. The molecule has 3 fully saturated rings. The van der Waals surface area contributed by atoms with Gasteiger partial charge < -0.3 is 4.90 Å². The van der Waals surface area contributed by atoms with E-state index in [2.05, 4.69) is 36.1 Å². The Hall–Kier alpha value is -2.24. The minimum atomic E-state index is 0.0339. The lowest BCUT2D eigenvalue weighted by Crippen LogP contribution is -2.54. The highest BCUT2D eigenvalue weighted by Crippen LogP contribution is 2.67. The first-order chi connectivity index (χ1) is 15.2. The molecule has 2 amide bonds. The molecule has 1 aliphatic heterocycles. The number of carbonyl (C=O) groups is 2. The first-order valence-electron chi connectivity index (χ1n) is 12.3. The molecule has 172 valence electrons. The third kappa shape index (κ3) is 3.20. The Labute approximate surface area is 191 Å². The van der Waals surface area contributed by atoms with E-state index in [0.717, 1.165) is 19.3 Å². The van der Waals surface area contributed by atoms with Gasteiger partial charge in [0.1, 0.15) is 0 Å². The number of nitrogens with zero attached hydrogens (tertiary/aromatic N) is 3. The van der Waals surface area contributed by atoms with Crippen molar-refractivity contribution in [2.24, 2.45) is 34.5 Å². The average Bonchev–Trinajstić information content (AvgIpc) is 3.08. The van der Waals surface area contributed by atoms with E-state index in [4.69, 9.17) is 0 Å². The van der Waals surface area contributed by atoms with Crippen LogP contribution >= 0.6 is 0 Å². The summed E-state index contributed by atoms with van der Waals surface area (Å²) >= 11 is 0. The lowest BCUT2D eigenvalue weighted by Gasteiger charge is -2.59. The predicted octanol–water partition coefficient (Wildman–Crippen LogP) is 4.80. The summed E-state index contributed by atoms with van der Waals surface area (Å²) in [4.78, 5) is 35.5. The van der Waals surface area contributed by atoms with Gasteiger partial charge in [0.15, 0.2) is 0 Å². The highest BCUT2D eigenvalue weighted by molar-refractivity contribution is 5.89. The van der Waals surface area contributed by atoms with Crippen LogP contribution in [0.2, 0.25) is 0 Å². The van der Waals surface area contributed by atoms with Crippen molar-refractivity contribution < 1.29 is 9.59 Å². The maximum Gasteiger partial charge on any atom is 0.229 e. The molecule has 1 N–H and O–H groups in total. The molecule has 0 radical (unpaired) electrons. The van der Waals surface area contributed by atoms with E-state index in [1.165, 1.54) is 30.5 Å². The Balaban J connectivity index is 1.36. The number of anilines is 1. The van der Waals surface area contributed by atoms with Crippen LogP contribution in [-0.2, 0) is 9.59 Å². The molecular weight excluding hydrogens is 400 g/mol. The molecule has 6 atom stereocenters. The van der Waals surface area contributed by atoms with E-state index in [9.17, 15) is 9.59 Å². The van der Waals surface area contributed by atoms with E-state index in [0.29, 0.717) is 42.5 Å². The van der Waals surface area contributed by atoms with Gasteiger partial charge in [-0.05, 0) is 80.6 Å². The fourth-order valence-electron chi connectivity index (χ4n) is 8.32. The summed E-state index contributed by atoms with van der Waals surface area (Å²) in [5.41, 5.74) is 3.05. The molecule has 2 saturated carbocycles. The number of fused-ring (bicyclic) bond motifs is 5. The Bertz CT molecular complexity index is 960. The molecule has 1 aromatic rings. The van der Waals surface area contributed by atoms with Crippen LogP contribution in [0.25, 0.3) is 0 Å². The van der Waals surface area contributed by atoms with Crippen molar-refractivity contribution in [1.29, 1.82) is 0 Å². The van der Waals surface area contributed by atoms with Gasteiger partial charge >= 0.3 is 0 Å². The molecule has 32 heavy (non-hydrogen) atoms. The number of hydrogen-bond acceptors (Lipinski definition) is 4. The van der Waals surface area contributed by atoms with Gasteiger partial charge in [-0.1, -0.05) is 19.4 Å². The summed E-state index contributed by atoms with van der Waals surface area (Å²) in [5, 5.41) is 2.89. The molecule has 2 unspecified atom stereocenters. The number of piperidine rings is 1. The van der Waals surface area contributed by atoms with Gasteiger partial charge in [0, 0.05) is 43.4 Å². The van der Waals surface area contributed by atoms with Crippen LogP contribution in [0.4, 0.5) is 5.95 Å². The van der Waals surface area contributed by atoms with Crippen LogP contribution < -0.4 is 5.32 Å². The summed E-state index contributed by atoms with van der Waals surface area (Å²) in [6.45, 7) is 7.13. The number of nitrogens with one attached hydrogen (secondary N) is 1. The fourth-order valence-corrected chi connectivity index (χ4v) is 8.32. The molecule has 1 saturated heterocycles. The van der Waals surface area contributed by atoms with Crippen LogP contribution in [0.5, 0.6) is 0 Å². The minimum Gasteiger partial charge on any atom is -0.319 e. The quantitative estimate of drug-likeness (QED) is 0.738. The Kier molecular flexibility index (Phi) is 5.18. The number of likely N-dealkylation sites (tertiary alicyclic amines) is 1. The second-order valence-electron chi connectivity index (χ2n) is 11.2. The molecule has 6 nitrogen and oxygen atoms in total. The van der Waals surface area contributed by atoms with Gasteiger partial charge in [0.25, 0.3) is 0 Å². The van der Waals surface area contributed by atoms with Crippen LogP contribution in [-0.4, -0.2) is 33.7 Å². The Morgan fingerprint density at radius 1 is 1.16 bits per heavy atom. The van der Waals surface area contributed by atoms with Crippen molar-refractivity contribution in [3.8, 4) is 0 Å². The number of carbonyl (C=O) groups excluding carboxylic acids is 2. The maximum absolute atomic E-state index is 12.8. The summed E-state index contributed by atoms with van der Waals surface area (Å²) in [6, 6.07) is 1.75. The van der Waals surface area contributed by atoms with E-state index < -0.39 is 0 Å². The SMILES string of the molecule is CC1=C2N(C)C(=O)CC[C@]2(C)C2CC[C@]3(C)[C@@H](CC(=O)Nc4ncccn4)CC[C@H]3C2C1. The van der Waals surface area contributed by atoms with Crippen molar-refractivity contribution in [3.63, 3.8) is 0 Å². The molecule has 6 heteroatoms. The summed E-state index contributed by atoms with van der Waals surface area (Å²) in [6.07, 6.45) is 11.3. The lowest BCUT2D eigenvalue weighted by molar-refractivity contribution is -0.136. The largest absolute Gasteiger partial charge is 0.319 e. The van der Waals surface area contributed by atoms with E-state index in [1.807, 2.05) is 11.9 Å². The van der Waals surface area contributed by atoms with Gasteiger partial charge in [-0.25, -0.2) is 9.97 Å². The van der Waals surface area contributed by atoms with Crippen LogP contribution in [0, 0.1) is 34.5 Å². The molecule has 3 aliphatic carbocycles. The number of rotatable bonds is 3. The first kappa shape index (κ1) is 21.6. The van der Waals surface area contributed by atoms with Crippen LogP contribution in [0.15, 0.2) is 29.7 Å². The average molecular weight is 437 g/mol. The third-order valence-electron chi connectivity index (χ3n) is 9.76. The standard InChI is InChI=1S/C26H36N4O2/c1-16-14-18-19-7-6-17(15-21(31)29-24-27-12-5-13-28-24)25(19,2)10-8-20(18)26(3)11-9-22(32)30(4)23(16)26/h5,12-13,17-20H,6-11,14-15H2,1-4H3,(H,27,28,29,31)/t17-,18?,19+,20?,25-,26-/m1/s1. The highest BCUT2D eigenvalue weighted by atomic mass is 16.2. The molecule has 1 aromatic heterocycles. The summed E-state index contributed by atoms with van der Waals surface area (Å²) in [7, 11) is 1.98. The molecular formula is C26H36N4O2. The second-order valence-corrected chi connectivity index (χ2v) is 11.2. The van der Waals surface area contributed by atoms with Gasteiger partial charge in [0.2, 0.25) is 17.8 Å². The maximum atomic E-state index is 12.8. The van der Waals surface area contributed by atoms with Gasteiger partial charge in [-0.2, -0.15) is 0 Å². The second kappa shape index (κ2) is 7.67.